The maximum absolute atomic E-state index is 10.4. The van der Waals surface area contributed by atoms with Crippen LogP contribution in [0.3, 0.4) is 0 Å². The predicted octanol–water partition coefficient (Wildman–Crippen LogP) is 3.73. The van der Waals surface area contributed by atoms with Gasteiger partial charge in [-0.2, -0.15) is 0 Å². The van der Waals surface area contributed by atoms with E-state index in [-0.39, 0.29) is 0 Å². The Morgan fingerprint density at radius 2 is 1.74 bits per heavy atom. The van der Waals surface area contributed by atoms with Gasteiger partial charge in [0.2, 0.25) is 0 Å². The Kier molecular flexibility index (Phi) is 6.91. The van der Waals surface area contributed by atoms with Crippen molar-refractivity contribution in [2.45, 2.75) is 25.6 Å². The number of hydrogen-bond donors (Lipinski definition) is 1. The highest BCUT2D eigenvalue weighted by molar-refractivity contribution is 5.47. The summed E-state index contributed by atoms with van der Waals surface area (Å²) in [7, 11) is 3.17. The van der Waals surface area contributed by atoms with Gasteiger partial charge in [-0.25, -0.2) is 0 Å². The minimum Gasteiger partial charge on any atom is -0.493 e. The molecule has 0 amide bonds. The molecule has 0 spiro atoms. The summed E-state index contributed by atoms with van der Waals surface area (Å²) in [4.78, 5) is 0. The molecule has 0 saturated carbocycles. The Hall–Kier alpha value is -2.04. The molecule has 4 heteroatoms. The predicted molar refractivity (Wildman–Crippen MR) is 89.8 cm³/mol. The second kappa shape index (κ2) is 9.18. The zero-order valence-electron chi connectivity index (χ0n) is 13.7. The Bertz CT molecular complexity index is 583. The van der Waals surface area contributed by atoms with Gasteiger partial charge in [0, 0.05) is 12.2 Å². The molecule has 2 aromatic rings. The molecule has 2 rings (SSSR count). The van der Waals surface area contributed by atoms with Gasteiger partial charge in [0.05, 0.1) is 26.9 Å². The van der Waals surface area contributed by atoms with Crippen LogP contribution in [0, 0.1) is 0 Å². The minimum absolute atomic E-state index is 0.590. The third-order valence-electron chi connectivity index (χ3n) is 3.67. The van der Waals surface area contributed by atoms with Crippen molar-refractivity contribution in [1.29, 1.82) is 0 Å². The van der Waals surface area contributed by atoms with Crippen molar-refractivity contribution in [3.63, 3.8) is 0 Å². The number of hydrogen-bond acceptors (Lipinski definition) is 4. The van der Waals surface area contributed by atoms with Gasteiger partial charge in [-0.15, -0.1) is 0 Å². The van der Waals surface area contributed by atoms with E-state index in [1.165, 1.54) is 0 Å². The summed E-state index contributed by atoms with van der Waals surface area (Å²) in [5.74, 6) is 1.22. The molecule has 0 radical (unpaired) electrons. The Labute approximate surface area is 137 Å². The molecule has 0 aliphatic carbocycles. The zero-order chi connectivity index (χ0) is 16.5. The van der Waals surface area contributed by atoms with E-state index in [4.69, 9.17) is 14.2 Å². The quantitative estimate of drug-likeness (QED) is 0.716. The fourth-order valence-corrected chi connectivity index (χ4v) is 2.47. The molecule has 0 aromatic heterocycles. The van der Waals surface area contributed by atoms with E-state index in [2.05, 4.69) is 0 Å². The SMILES string of the molecule is COc1cccc(C(O)CCCOCc2ccccc2)c1OC. The van der Waals surface area contributed by atoms with E-state index in [0.29, 0.717) is 31.1 Å². The van der Waals surface area contributed by atoms with Crippen LogP contribution in [0.2, 0.25) is 0 Å². The van der Waals surface area contributed by atoms with Crippen LogP contribution in [0.4, 0.5) is 0 Å². The summed E-state index contributed by atoms with van der Waals surface area (Å²) in [6.07, 6.45) is 0.785. The van der Waals surface area contributed by atoms with Crippen molar-refractivity contribution in [2.75, 3.05) is 20.8 Å². The lowest BCUT2D eigenvalue weighted by Gasteiger charge is -2.17. The van der Waals surface area contributed by atoms with E-state index in [9.17, 15) is 5.11 Å². The maximum atomic E-state index is 10.4. The van der Waals surface area contributed by atoms with Crippen molar-refractivity contribution in [3.8, 4) is 11.5 Å². The first-order chi connectivity index (χ1) is 11.3. The molecule has 1 N–H and O–H groups in total. The molecule has 1 unspecified atom stereocenters. The summed E-state index contributed by atoms with van der Waals surface area (Å²) < 4.78 is 16.3. The number of aliphatic hydroxyl groups excluding tert-OH is 1. The number of methoxy groups -OCH3 is 2. The third kappa shape index (κ3) is 4.98. The average molecular weight is 316 g/mol. The van der Waals surface area contributed by atoms with Gasteiger partial charge in [-0.05, 0) is 24.5 Å². The number of rotatable bonds is 9. The van der Waals surface area contributed by atoms with Crippen molar-refractivity contribution in [1.82, 2.24) is 0 Å². The van der Waals surface area contributed by atoms with Gasteiger partial charge in [-0.3, -0.25) is 0 Å². The summed E-state index contributed by atoms with van der Waals surface area (Å²) >= 11 is 0. The average Bonchev–Trinajstić information content (AvgIpc) is 2.61. The second-order valence-corrected chi connectivity index (χ2v) is 5.28. The molecule has 0 heterocycles. The second-order valence-electron chi connectivity index (χ2n) is 5.28. The largest absolute Gasteiger partial charge is 0.493 e. The fraction of sp³-hybridized carbons (Fsp3) is 0.368. The monoisotopic (exact) mass is 316 g/mol. The summed E-state index contributed by atoms with van der Waals surface area (Å²) in [5.41, 5.74) is 1.90. The van der Waals surface area contributed by atoms with E-state index in [1.807, 2.05) is 48.5 Å². The van der Waals surface area contributed by atoms with Crippen LogP contribution in [-0.4, -0.2) is 25.9 Å². The van der Waals surface area contributed by atoms with E-state index in [1.54, 1.807) is 14.2 Å². The van der Waals surface area contributed by atoms with Gasteiger partial charge in [0.1, 0.15) is 0 Å². The number of benzene rings is 2. The maximum Gasteiger partial charge on any atom is 0.166 e. The lowest BCUT2D eigenvalue weighted by molar-refractivity contribution is 0.0963. The first-order valence-corrected chi connectivity index (χ1v) is 7.77. The lowest BCUT2D eigenvalue weighted by atomic mass is 10.0. The molecule has 4 nitrogen and oxygen atoms in total. The highest BCUT2D eigenvalue weighted by Gasteiger charge is 2.16. The number of para-hydroxylation sites is 1. The molecule has 0 saturated heterocycles. The van der Waals surface area contributed by atoms with Crippen LogP contribution in [0.25, 0.3) is 0 Å². The lowest BCUT2D eigenvalue weighted by Crippen LogP contribution is -2.04. The van der Waals surface area contributed by atoms with Crippen molar-refractivity contribution < 1.29 is 19.3 Å². The van der Waals surface area contributed by atoms with Gasteiger partial charge in [0.25, 0.3) is 0 Å². The van der Waals surface area contributed by atoms with Crippen LogP contribution in [0.1, 0.15) is 30.1 Å². The van der Waals surface area contributed by atoms with Crippen LogP contribution in [-0.2, 0) is 11.3 Å². The first kappa shape index (κ1) is 17.3. The highest BCUT2D eigenvalue weighted by atomic mass is 16.5. The third-order valence-corrected chi connectivity index (χ3v) is 3.67. The first-order valence-electron chi connectivity index (χ1n) is 7.77. The van der Waals surface area contributed by atoms with Gasteiger partial charge < -0.3 is 19.3 Å². The molecule has 23 heavy (non-hydrogen) atoms. The topological polar surface area (TPSA) is 47.9 Å². The van der Waals surface area contributed by atoms with Crippen molar-refractivity contribution in [3.05, 3.63) is 59.7 Å². The molecule has 0 bridgehead atoms. The molecule has 0 aliphatic rings. The zero-order valence-corrected chi connectivity index (χ0v) is 13.7. The van der Waals surface area contributed by atoms with Crippen LogP contribution in [0.5, 0.6) is 11.5 Å². The molecular formula is C19H24O4. The normalized spacial score (nSPS) is 12.0. The fourth-order valence-electron chi connectivity index (χ4n) is 2.47. The Morgan fingerprint density at radius 3 is 2.43 bits per heavy atom. The van der Waals surface area contributed by atoms with Gasteiger partial charge in [-0.1, -0.05) is 42.5 Å². The minimum atomic E-state index is -0.597. The smallest absolute Gasteiger partial charge is 0.166 e. The van der Waals surface area contributed by atoms with Crippen LogP contribution < -0.4 is 9.47 Å². The molecule has 1 atom stereocenters. The van der Waals surface area contributed by atoms with Crippen molar-refractivity contribution in [2.24, 2.45) is 0 Å². The van der Waals surface area contributed by atoms with E-state index in [0.717, 1.165) is 17.5 Å². The van der Waals surface area contributed by atoms with Crippen LogP contribution in [0.15, 0.2) is 48.5 Å². The Balaban J connectivity index is 1.80. The van der Waals surface area contributed by atoms with Gasteiger partial charge in [0.15, 0.2) is 11.5 Å². The number of ether oxygens (including phenoxy) is 3. The van der Waals surface area contributed by atoms with E-state index >= 15 is 0 Å². The van der Waals surface area contributed by atoms with Gasteiger partial charge >= 0.3 is 0 Å². The standard InChI is InChI=1S/C19H24O4/c1-21-18-12-6-10-16(19(18)22-2)17(20)11-7-13-23-14-15-8-4-3-5-9-15/h3-6,8-10,12,17,20H,7,11,13-14H2,1-2H3. The molecular weight excluding hydrogens is 292 g/mol. The number of aliphatic hydroxyl groups is 1. The molecule has 2 aromatic carbocycles. The molecule has 124 valence electrons. The summed E-state index contributed by atoms with van der Waals surface area (Å²) in [6.45, 7) is 1.21. The summed E-state index contributed by atoms with van der Waals surface area (Å²) in [6, 6.07) is 15.6. The summed E-state index contributed by atoms with van der Waals surface area (Å²) in [5, 5.41) is 10.4. The van der Waals surface area contributed by atoms with Crippen LogP contribution >= 0.6 is 0 Å². The van der Waals surface area contributed by atoms with E-state index < -0.39 is 6.10 Å². The Morgan fingerprint density at radius 1 is 0.957 bits per heavy atom. The molecule has 0 aliphatic heterocycles. The molecule has 0 fully saturated rings. The van der Waals surface area contributed by atoms with Crippen molar-refractivity contribution >= 4 is 0 Å². The highest BCUT2D eigenvalue weighted by Crippen LogP contribution is 2.35.